The number of rotatable bonds is 4. The first-order valence-corrected chi connectivity index (χ1v) is 10.4. The molecule has 0 atom stereocenters. The van der Waals surface area contributed by atoms with Gasteiger partial charge in [-0.05, 0) is 43.0 Å². The van der Waals surface area contributed by atoms with Crippen molar-refractivity contribution in [2.45, 2.75) is 19.8 Å². The zero-order valence-electron chi connectivity index (χ0n) is 17.3. The Morgan fingerprint density at radius 2 is 1.62 bits per heavy atom. The van der Waals surface area contributed by atoms with E-state index in [1.807, 2.05) is 35.2 Å². The Bertz CT molecular complexity index is 825. The Kier molecular flexibility index (Phi) is 5.83. The van der Waals surface area contributed by atoms with E-state index in [1.165, 1.54) is 0 Å². The molecule has 1 aromatic carbocycles. The van der Waals surface area contributed by atoms with Crippen LogP contribution in [-0.2, 0) is 0 Å². The van der Waals surface area contributed by atoms with Crippen LogP contribution in [0.5, 0.6) is 5.75 Å². The summed E-state index contributed by atoms with van der Waals surface area (Å²) in [5, 5.41) is 8.59. The highest BCUT2D eigenvalue weighted by molar-refractivity contribution is 5.92. The van der Waals surface area contributed by atoms with Gasteiger partial charge in [0.15, 0.2) is 11.5 Å². The van der Waals surface area contributed by atoms with Gasteiger partial charge in [-0.25, -0.2) is 0 Å². The number of hydrogen-bond donors (Lipinski definition) is 0. The second kappa shape index (κ2) is 8.68. The van der Waals surface area contributed by atoms with Gasteiger partial charge in [0.05, 0.1) is 12.8 Å². The van der Waals surface area contributed by atoms with E-state index in [4.69, 9.17) is 4.74 Å². The molecule has 0 spiro atoms. The van der Waals surface area contributed by atoms with Gasteiger partial charge in [0.1, 0.15) is 5.75 Å². The van der Waals surface area contributed by atoms with Crippen molar-refractivity contribution in [3.05, 3.63) is 42.1 Å². The lowest BCUT2D eigenvalue weighted by molar-refractivity contribution is 0.0690. The van der Waals surface area contributed by atoms with Gasteiger partial charge in [-0.2, -0.15) is 0 Å². The smallest absolute Gasteiger partial charge is 0.274 e. The standard InChI is InChI=1S/C22H29N5O2/c1-17-9-11-27(12-10-17)22(28)18-7-8-21(24-23-18)26-15-13-25(14-16-26)19-5-3-4-6-20(19)29-2/h3-8,17H,9-16H2,1-2H3. The number of benzene rings is 1. The molecule has 7 nitrogen and oxygen atoms in total. The molecule has 2 saturated heterocycles. The Hall–Kier alpha value is -2.83. The van der Waals surface area contributed by atoms with Gasteiger partial charge in [0.2, 0.25) is 0 Å². The lowest BCUT2D eigenvalue weighted by Crippen LogP contribution is -2.47. The van der Waals surface area contributed by atoms with Crippen molar-refractivity contribution >= 4 is 17.4 Å². The average molecular weight is 396 g/mol. The third-order valence-electron chi connectivity index (χ3n) is 5.97. The molecule has 0 N–H and O–H groups in total. The quantitative estimate of drug-likeness (QED) is 0.793. The monoisotopic (exact) mass is 395 g/mol. The van der Waals surface area contributed by atoms with Crippen LogP contribution < -0.4 is 14.5 Å². The summed E-state index contributed by atoms with van der Waals surface area (Å²) >= 11 is 0. The maximum atomic E-state index is 12.6. The number of piperazine rings is 1. The van der Waals surface area contributed by atoms with Crippen molar-refractivity contribution < 1.29 is 9.53 Å². The van der Waals surface area contributed by atoms with Crippen molar-refractivity contribution in [3.8, 4) is 5.75 Å². The highest BCUT2D eigenvalue weighted by Gasteiger charge is 2.24. The molecule has 2 aliphatic heterocycles. The summed E-state index contributed by atoms with van der Waals surface area (Å²) in [7, 11) is 1.71. The number of para-hydroxylation sites is 2. The van der Waals surface area contributed by atoms with Crippen LogP contribution in [0.2, 0.25) is 0 Å². The van der Waals surface area contributed by atoms with Gasteiger partial charge in [-0.1, -0.05) is 19.1 Å². The maximum absolute atomic E-state index is 12.6. The molecule has 7 heteroatoms. The third-order valence-corrected chi connectivity index (χ3v) is 5.97. The van der Waals surface area contributed by atoms with E-state index in [9.17, 15) is 4.79 Å². The van der Waals surface area contributed by atoms with Crippen molar-refractivity contribution in [3.63, 3.8) is 0 Å². The molecule has 1 amide bonds. The number of piperidine rings is 1. The molecule has 2 aliphatic rings. The SMILES string of the molecule is COc1ccccc1N1CCN(c2ccc(C(=O)N3CCC(C)CC3)nn2)CC1. The van der Waals surface area contributed by atoms with E-state index in [0.717, 1.165) is 69.4 Å². The Morgan fingerprint density at radius 3 is 2.28 bits per heavy atom. The van der Waals surface area contributed by atoms with Crippen LogP contribution in [0.3, 0.4) is 0 Å². The van der Waals surface area contributed by atoms with Crippen LogP contribution in [0.25, 0.3) is 0 Å². The normalized spacial score (nSPS) is 18.1. The van der Waals surface area contributed by atoms with E-state index in [0.29, 0.717) is 11.6 Å². The number of nitrogens with zero attached hydrogens (tertiary/aromatic N) is 5. The number of carbonyl (C=O) groups is 1. The number of hydrogen-bond acceptors (Lipinski definition) is 6. The van der Waals surface area contributed by atoms with Gasteiger partial charge in [0.25, 0.3) is 5.91 Å². The van der Waals surface area contributed by atoms with Crippen LogP contribution in [0.15, 0.2) is 36.4 Å². The number of ether oxygens (including phenoxy) is 1. The summed E-state index contributed by atoms with van der Waals surface area (Å²) in [6.45, 7) is 7.34. The molecule has 4 rings (SSSR count). The van der Waals surface area contributed by atoms with Crippen LogP contribution in [0.1, 0.15) is 30.3 Å². The maximum Gasteiger partial charge on any atom is 0.274 e. The highest BCUT2D eigenvalue weighted by atomic mass is 16.5. The minimum atomic E-state index is -0.00283. The third kappa shape index (κ3) is 4.28. The van der Waals surface area contributed by atoms with Crippen molar-refractivity contribution in [2.75, 3.05) is 56.2 Å². The first-order chi connectivity index (χ1) is 14.2. The van der Waals surface area contributed by atoms with Gasteiger partial charge < -0.3 is 19.4 Å². The molecular weight excluding hydrogens is 366 g/mol. The van der Waals surface area contributed by atoms with Gasteiger partial charge >= 0.3 is 0 Å². The largest absolute Gasteiger partial charge is 0.495 e. The van der Waals surface area contributed by atoms with E-state index in [2.05, 4.69) is 33.0 Å². The number of likely N-dealkylation sites (tertiary alicyclic amines) is 1. The number of anilines is 2. The summed E-state index contributed by atoms with van der Waals surface area (Å²) in [4.78, 5) is 19.1. The summed E-state index contributed by atoms with van der Waals surface area (Å²) in [5.41, 5.74) is 1.56. The molecule has 0 aliphatic carbocycles. The average Bonchev–Trinajstić information content (AvgIpc) is 2.79. The first kappa shape index (κ1) is 19.5. The molecule has 0 unspecified atom stereocenters. The molecule has 2 fully saturated rings. The minimum absolute atomic E-state index is 0.00283. The second-order valence-electron chi connectivity index (χ2n) is 7.90. The lowest BCUT2D eigenvalue weighted by atomic mass is 9.99. The number of methoxy groups -OCH3 is 1. The zero-order chi connectivity index (χ0) is 20.2. The van der Waals surface area contributed by atoms with Gasteiger partial charge in [-0.3, -0.25) is 4.79 Å². The van der Waals surface area contributed by atoms with E-state index < -0.39 is 0 Å². The van der Waals surface area contributed by atoms with E-state index >= 15 is 0 Å². The summed E-state index contributed by atoms with van der Waals surface area (Å²) in [6.07, 6.45) is 2.13. The minimum Gasteiger partial charge on any atom is -0.495 e. The summed E-state index contributed by atoms with van der Waals surface area (Å²) < 4.78 is 5.49. The predicted octanol–water partition coefficient (Wildman–Crippen LogP) is 2.68. The van der Waals surface area contributed by atoms with Crippen LogP contribution in [0.4, 0.5) is 11.5 Å². The van der Waals surface area contributed by atoms with Gasteiger partial charge in [-0.15, -0.1) is 10.2 Å². The first-order valence-electron chi connectivity index (χ1n) is 10.4. The lowest BCUT2D eigenvalue weighted by Gasteiger charge is -2.37. The van der Waals surface area contributed by atoms with Crippen LogP contribution in [-0.4, -0.2) is 67.4 Å². The highest BCUT2D eigenvalue weighted by Crippen LogP contribution is 2.29. The number of aromatic nitrogens is 2. The fourth-order valence-electron chi connectivity index (χ4n) is 4.05. The molecule has 0 bridgehead atoms. The Morgan fingerprint density at radius 1 is 0.931 bits per heavy atom. The van der Waals surface area contributed by atoms with Crippen molar-refractivity contribution in [1.29, 1.82) is 0 Å². The molecule has 0 saturated carbocycles. The van der Waals surface area contributed by atoms with Crippen LogP contribution >= 0.6 is 0 Å². The van der Waals surface area contributed by atoms with Crippen molar-refractivity contribution in [1.82, 2.24) is 15.1 Å². The summed E-state index contributed by atoms with van der Waals surface area (Å²) in [5.74, 6) is 2.42. The van der Waals surface area contributed by atoms with Crippen LogP contribution in [0, 0.1) is 5.92 Å². The predicted molar refractivity (Wildman–Crippen MR) is 114 cm³/mol. The van der Waals surface area contributed by atoms with E-state index in [-0.39, 0.29) is 5.91 Å². The molecule has 0 radical (unpaired) electrons. The number of carbonyl (C=O) groups excluding carboxylic acids is 1. The Labute approximate surface area is 172 Å². The van der Waals surface area contributed by atoms with E-state index in [1.54, 1.807) is 7.11 Å². The number of amides is 1. The molecular formula is C22H29N5O2. The molecule has 3 heterocycles. The fourth-order valence-corrected chi connectivity index (χ4v) is 4.05. The molecule has 1 aromatic heterocycles. The molecule has 29 heavy (non-hydrogen) atoms. The second-order valence-corrected chi connectivity index (χ2v) is 7.90. The Balaban J connectivity index is 1.36. The fraction of sp³-hybridized carbons (Fsp3) is 0.500. The van der Waals surface area contributed by atoms with Gasteiger partial charge in [0, 0.05) is 39.3 Å². The van der Waals surface area contributed by atoms with Crippen molar-refractivity contribution in [2.24, 2.45) is 5.92 Å². The molecule has 154 valence electrons. The summed E-state index contributed by atoms with van der Waals surface area (Å²) in [6, 6.07) is 11.8. The zero-order valence-corrected chi connectivity index (χ0v) is 17.3. The topological polar surface area (TPSA) is 61.8 Å². The molecule has 2 aromatic rings.